The molecule has 0 atom stereocenters. The summed E-state index contributed by atoms with van der Waals surface area (Å²) in [5, 5.41) is 11.2. The van der Waals surface area contributed by atoms with Crippen LogP contribution in [0.15, 0.2) is 23.9 Å². The van der Waals surface area contributed by atoms with Crippen molar-refractivity contribution >= 4 is 5.97 Å². The Morgan fingerprint density at radius 1 is 1.70 bits per heavy atom. The highest BCUT2D eigenvalue weighted by Gasteiger charge is 2.03. The van der Waals surface area contributed by atoms with E-state index < -0.39 is 5.97 Å². The molecule has 0 fully saturated rings. The molecule has 4 N–H and O–H groups in total. The molecule has 0 aliphatic carbocycles. The predicted molar refractivity (Wildman–Crippen MR) is 36.5 cm³/mol. The molecule has 0 unspecified atom stereocenters. The summed E-state index contributed by atoms with van der Waals surface area (Å²) in [4.78, 5) is 10.2. The van der Waals surface area contributed by atoms with E-state index in [4.69, 9.17) is 5.11 Å². The molecule has 0 aromatic rings. The minimum atomic E-state index is -0.890. The molecule has 0 amide bonds. The van der Waals surface area contributed by atoms with Crippen LogP contribution in [-0.4, -0.2) is 23.1 Å². The van der Waals surface area contributed by atoms with E-state index in [-0.39, 0.29) is 5.48 Å². The first-order valence-electron chi connectivity index (χ1n) is 2.64. The maximum atomic E-state index is 10.2. The molecular weight excluding hydrogens is 134 g/mol. The molecule has 0 spiro atoms. The average Bonchev–Trinajstić information content (AvgIpc) is 1.90. The molecule has 0 aromatic heterocycles. The third-order valence-corrected chi connectivity index (χ3v) is 1.04. The normalized spacial score (nSPS) is 14.6. The SMILES string of the molecule is O.O=C(O)C1=CNCC=C1. The molecule has 4 nitrogen and oxygen atoms in total. The molecule has 10 heavy (non-hydrogen) atoms. The van der Waals surface area contributed by atoms with Gasteiger partial charge in [-0.1, -0.05) is 6.08 Å². The number of aliphatic carboxylic acids is 1. The lowest BCUT2D eigenvalue weighted by Gasteiger charge is -2.02. The molecule has 4 heteroatoms. The van der Waals surface area contributed by atoms with E-state index in [1.54, 1.807) is 12.2 Å². The number of carboxylic acid groups (broad SMARTS) is 1. The van der Waals surface area contributed by atoms with Crippen molar-refractivity contribution in [2.45, 2.75) is 0 Å². The van der Waals surface area contributed by atoms with Crippen molar-refractivity contribution in [2.24, 2.45) is 0 Å². The van der Waals surface area contributed by atoms with Crippen molar-refractivity contribution in [3.63, 3.8) is 0 Å². The standard InChI is InChI=1S/C6H7NO2.H2O/c8-6(9)5-2-1-3-7-4-5;/h1-2,4,7H,3H2,(H,8,9);1H2. The number of rotatable bonds is 1. The zero-order valence-electron chi connectivity index (χ0n) is 5.29. The quantitative estimate of drug-likeness (QED) is 0.508. The van der Waals surface area contributed by atoms with E-state index in [0.29, 0.717) is 5.57 Å². The van der Waals surface area contributed by atoms with E-state index >= 15 is 0 Å². The monoisotopic (exact) mass is 143 g/mol. The summed E-state index contributed by atoms with van der Waals surface area (Å²) in [5.41, 5.74) is 0.307. The molecule has 1 aliphatic heterocycles. The van der Waals surface area contributed by atoms with Crippen LogP contribution in [0.3, 0.4) is 0 Å². The topological polar surface area (TPSA) is 80.8 Å². The van der Waals surface area contributed by atoms with Crippen LogP contribution in [0.4, 0.5) is 0 Å². The predicted octanol–water partition coefficient (Wildman–Crippen LogP) is -0.710. The Bertz CT molecular complexity index is 183. The zero-order chi connectivity index (χ0) is 6.69. The molecule has 1 rings (SSSR count). The number of hydrogen-bond donors (Lipinski definition) is 2. The second-order valence-electron chi connectivity index (χ2n) is 1.72. The van der Waals surface area contributed by atoms with E-state index in [2.05, 4.69) is 5.32 Å². The fraction of sp³-hybridized carbons (Fsp3) is 0.167. The maximum absolute atomic E-state index is 10.2. The van der Waals surface area contributed by atoms with Gasteiger partial charge < -0.3 is 15.9 Å². The van der Waals surface area contributed by atoms with Crippen molar-refractivity contribution in [3.05, 3.63) is 23.9 Å². The summed E-state index contributed by atoms with van der Waals surface area (Å²) < 4.78 is 0. The smallest absolute Gasteiger partial charge is 0.337 e. The maximum Gasteiger partial charge on any atom is 0.337 e. The van der Waals surface area contributed by atoms with Crippen molar-refractivity contribution in [3.8, 4) is 0 Å². The fourth-order valence-corrected chi connectivity index (χ4v) is 0.604. The van der Waals surface area contributed by atoms with Crippen LogP contribution in [0.5, 0.6) is 0 Å². The summed E-state index contributed by atoms with van der Waals surface area (Å²) in [6.45, 7) is 0.719. The molecular formula is C6H9NO3. The van der Waals surface area contributed by atoms with Crippen molar-refractivity contribution in [2.75, 3.05) is 6.54 Å². The van der Waals surface area contributed by atoms with Crippen LogP contribution in [-0.2, 0) is 4.79 Å². The first-order valence-corrected chi connectivity index (χ1v) is 2.64. The Labute approximate surface area is 58.2 Å². The van der Waals surface area contributed by atoms with E-state index in [1.165, 1.54) is 6.20 Å². The Kier molecular flexibility index (Phi) is 3.21. The van der Waals surface area contributed by atoms with Gasteiger partial charge in [0, 0.05) is 12.7 Å². The highest BCUT2D eigenvalue weighted by atomic mass is 16.4. The van der Waals surface area contributed by atoms with Crippen LogP contribution in [0.25, 0.3) is 0 Å². The first-order chi connectivity index (χ1) is 4.30. The summed E-state index contributed by atoms with van der Waals surface area (Å²) >= 11 is 0. The number of dihydropyridines is 1. The second kappa shape index (κ2) is 3.68. The van der Waals surface area contributed by atoms with Gasteiger partial charge >= 0.3 is 5.97 Å². The minimum absolute atomic E-state index is 0. The Morgan fingerprint density at radius 2 is 2.40 bits per heavy atom. The van der Waals surface area contributed by atoms with Gasteiger partial charge in [0.25, 0.3) is 0 Å². The Morgan fingerprint density at radius 3 is 2.70 bits per heavy atom. The lowest BCUT2D eigenvalue weighted by Crippen LogP contribution is -2.12. The molecule has 56 valence electrons. The van der Waals surface area contributed by atoms with Gasteiger partial charge in [0.05, 0.1) is 5.57 Å². The zero-order valence-corrected chi connectivity index (χ0v) is 5.29. The third-order valence-electron chi connectivity index (χ3n) is 1.04. The lowest BCUT2D eigenvalue weighted by molar-refractivity contribution is -0.132. The van der Waals surface area contributed by atoms with E-state index in [0.717, 1.165) is 6.54 Å². The van der Waals surface area contributed by atoms with Gasteiger partial charge in [0.1, 0.15) is 0 Å². The van der Waals surface area contributed by atoms with Gasteiger partial charge in [-0.2, -0.15) is 0 Å². The van der Waals surface area contributed by atoms with E-state index in [9.17, 15) is 4.79 Å². The van der Waals surface area contributed by atoms with Crippen molar-refractivity contribution < 1.29 is 15.4 Å². The number of hydrogen-bond acceptors (Lipinski definition) is 2. The van der Waals surface area contributed by atoms with Crippen LogP contribution >= 0.6 is 0 Å². The van der Waals surface area contributed by atoms with Gasteiger partial charge in [-0.25, -0.2) is 4.79 Å². The second-order valence-corrected chi connectivity index (χ2v) is 1.72. The number of carboxylic acids is 1. The summed E-state index contributed by atoms with van der Waals surface area (Å²) in [7, 11) is 0. The molecule has 1 heterocycles. The van der Waals surface area contributed by atoms with Gasteiger partial charge in [-0.3, -0.25) is 0 Å². The Balaban J connectivity index is 0.000000810. The molecule has 0 aromatic carbocycles. The van der Waals surface area contributed by atoms with Gasteiger partial charge in [0.2, 0.25) is 0 Å². The molecule has 1 aliphatic rings. The van der Waals surface area contributed by atoms with Crippen LogP contribution in [0.2, 0.25) is 0 Å². The summed E-state index contributed by atoms with van der Waals surface area (Å²) in [5.74, 6) is -0.890. The highest BCUT2D eigenvalue weighted by Crippen LogP contribution is 1.97. The van der Waals surface area contributed by atoms with Crippen LogP contribution in [0, 0.1) is 0 Å². The van der Waals surface area contributed by atoms with Crippen LogP contribution in [0.1, 0.15) is 0 Å². The van der Waals surface area contributed by atoms with Crippen LogP contribution < -0.4 is 5.32 Å². The van der Waals surface area contributed by atoms with Gasteiger partial charge in [0.15, 0.2) is 0 Å². The molecule has 0 saturated heterocycles. The molecule has 0 saturated carbocycles. The number of nitrogens with one attached hydrogen (secondary N) is 1. The molecule has 0 bridgehead atoms. The first kappa shape index (κ1) is 8.71. The third kappa shape index (κ3) is 1.91. The summed E-state index contributed by atoms with van der Waals surface area (Å²) in [6.07, 6.45) is 4.84. The largest absolute Gasteiger partial charge is 0.478 e. The number of carbonyl (C=O) groups is 1. The van der Waals surface area contributed by atoms with Crippen molar-refractivity contribution in [1.82, 2.24) is 5.32 Å². The molecule has 0 radical (unpaired) electrons. The minimum Gasteiger partial charge on any atom is -0.478 e. The Hall–Kier alpha value is -1.29. The van der Waals surface area contributed by atoms with Gasteiger partial charge in [-0.15, -0.1) is 0 Å². The van der Waals surface area contributed by atoms with Gasteiger partial charge in [-0.05, 0) is 6.08 Å². The van der Waals surface area contributed by atoms with Crippen molar-refractivity contribution in [1.29, 1.82) is 0 Å². The fourth-order valence-electron chi connectivity index (χ4n) is 0.604. The highest BCUT2D eigenvalue weighted by molar-refractivity contribution is 5.89. The lowest BCUT2D eigenvalue weighted by atomic mass is 10.2. The van der Waals surface area contributed by atoms with E-state index in [1.807, 2.05) is 0 Å². The average molecular weight is 143 g/mol. The summed E-state index contributed by atoms with van der Waals surface area (Å²) in [6, 6.07) is 0.